The van der Waals surface area contributed by atoms with Crippen LogP contribution in [0.4, 0.5) is 20.4 Å². The highest BCUT2D eigenvalue weighted by molar-refractivity contribution is 7.84. The minimum atomic E-state index is -0.911. The molecule has 0 amide bonds. The summed E-state index contributed by atoms with van der Waals surface area (Å²) in [6.07, 6.45) is 2.25. The Hall–Kier alpha value is -1.24. The Morgan fingerprint density at radius 3 is 2.42 bits per heavy atom. The molecule has 0 aromatic carbocycles. The molecule has 1 aromatic rings. The molecule has 1 aromatic heterocycles. The van der Waals surface area contributed by atoms with Gasteiger partial charge in [0.25, 0.3) is 0 Å². The third kappa shape index (κ3) is 4.74. The molecule has 2 atom stereocenters. The molecule has 2 unspecified atom stereocenters. The van der Waals surface area contributed by atoms with Gasteiger partial charge >= 0.3 is 0 Å². The zero-order valence-electron chi connectivity index (χ0n) is 11.3. The molecule has 0 saturated carbocycles. The number of hydrogen-bond donors (Lipinski definition) is 2. The van der Waals surface area contributed by atoms with Crippen molar-refractivity contribution in [2.75, 3.05) is 30.0 Å². The topological polar surface area (TPSA) is 54.0 Å². The van der Waals surface area contributed by atoms with Crippen LogP contribution in [0.3, 0.4) is 0 Å². The molecular weight excluding hydrogens is 272 g/mol. The number of hydrogen-bond acceptors (Lipinski definition) is 4. The average Bonchev–Trinajstić information content (AvgIpc) is 2.34. The van der Waals surface area contributed by atoms with Gasteiger partial charge < -0.3 is 10.6 Å². The minimum Gasteiger partial charge on any atom is -0.368 e. The van der Waals surface area contributed by atoms with Crippen LogP contribution in [0.1, 0.15) is 20.3 Å². The van der Waals surface area contributed by atoms with Crippen molar-refractivity contribution >= 4 is 22.4 Å². The maximum atomic E-state index is 13.5. The summed E-state index contributed by atoms with van der Waals surface area (Å²) in [7, 11) is -0.911. The van der Waals surface area contributed by atoms with Gasteiger partial charge in [-0.25, -0.2) is 13.8 Å². The van der Waals surface area contributed by atoms with E-state index < -0.39 is 22.4 Å². The fraction of sp³-hybridized carbons (Fsp3) is 0.583. The first-order valence-electron chi connectivity index (χ1n) is 6.11. The van der Waals surface area contributed by atoms with Gasteiger partial charge in [-0.2, -0.15) is 0 Å². The summed E-state index contributed by atoms with van der Waals surface area (Å²) in [6.45, 7) is 4.59. The number of rotatable bonds is 7. The van der Waals surface area contributed by atoms with Gasteiger partial charge in [-0.05, 0) is 13.3 Å². The molecule has 7 heteroatoms. The standard InChI is InChI=1S/C12H19F2N3OS/c1-4-15-11-9(13)7-10(14)12(17-11)16-6-5-8(2)19(3)18/h7-8H,4-6H2,1-3H3,(H2,15,16,17). The Labute approximate surface area is 114 Å². The van der Waals surface area contributed by atoms with E-state index in [0.29, 0.717) is 19.5 Å². The van der Waals surface area contributed by atoms with Crippen LogP contribution >= 0.6 is 0 Å². The maximum Gasteiger partial charge on any atom is 0.168 e. The van der Waals surface area contributed by atoms with Crippen LogP contribution in [0.5, 0.6) is 0 Å². The Kier molecular flexibility index (Phi) is 6.14. The van der Waals surface area contributed by atoms with E-state index in [2.05, 4.69) is 15.6 Å². The SMILES string of the molecule is CCNc1nc(NCCC(C)S(C)=O)c(F)cc1F. The van der Waals surface area contributed by atoms with E-state index in [9.17, 15) is 13.0 Å². The lowest BCUT2D eigenvalue weighted by molar-refractivity contribution is 0.577. The van der Waals surface area contributed by atoms with Crippen molar-refractivity contribution in [2.45, 2.75) is 25.5 Å². The first-order chi connectivity index (χ1) is 8.95. The zero-order valence-corrected chi connectivity index (χ0v) is 12.1. The molecule has 0 aliphatic carbocycles. The van der Waals surface area contributed by atoms with Gasteiger partial charge in [0.05, 0.1) is 0 Å². The summed E-state index contributed by atoms with van der Waals surface area (Å²) in [4.78, 5) is 3.86. The van der Waals surface area contributed by atoms with E-state index in [1.165, 1.54) is 0 Å². The first-order valence-corrected chi connectivity index (χ1v) is 7.73. The molecule has 1 rings (SSSR count). The second kappa shape index (κ2) is 7.37. The van der Waals surface area contributed by atoms with E-state index in [-0.39, 0.29) is 16.9 Å². The highest BCUT2D eigenvalue weighted by Gasteiger charge is 2.12. The summed E-state index contributed by atoms with van der Waals surface area (Å²) >= 11 is 0. The van der Waals surface area contributed by atoms with Crippen molar-refractivity contribution in [3.63, 3.8) is 0 Å². The van der Waals surface area contributed by atoms with Gasteiger partial charge in [-0.3, -0.25) is 4.21 Å². The van der Waals surface area contributed by atoms with Gasteiger partial charge in [0.2, 0.25) is 0 Å². The average molecular weight is 291 g/mol. The van der Waals surface area contributed by atoms with Gasteiger partial charge in [0.15, 0.2) is 23.3 Å². The number of nitrogens with one attached hydrogen (secondary N) is 2. The molecule has 19 heavy (non-hydrogen) atoms. The van der Waals surface area contributed by atoms with Crippen molar-refractivity contribution in [3.05, 3.63) is 17.7 Å². The molecular formula is C12H19F2N3OS. The van der Waals surface area contributed by atoms with Gasteiger partial charge in [0, 0.05) is 41.5 Å². The van der Waals surface area contributed by atoms with E-state index in [4.69, 9.17) is 0 Å². The molecule has 0 bridgehead atoms. The smallest absolute Gasteiger partial charge is 0.168 e. The van der Waals surface area contributed by atoms with Crippen LogP contribution in [0.2, 0.25) is 0 Å². The molecule has 1 heterocycles. The lowest BCUT2D eigenvalue weighted by Gasteiger charge is -2.12. The largest absolute Gasteiger partial charge is 0.368 e. The van der Waals surface area contributed by atoms with Crippen LogP contribution in [0.15, 0.2) is 6.07 Å². The van der Waals surface area contributed by atoms with Crippen molar-refractivity contribution in [2.24, 2.45) is 0 Å². The Balaban J connectivity index is 2.67. The van der Waals surface area contributed by atoms with E-state index >= 15 is 0 Å². The number of anilines is 2. The molecule has 0 radical (unpaired) electrons. The van der Waals surface area contributed by atoms with Crippen LogP contribution in [-0.2, 0) is 10.8 Å². The molecule has 0 aliphatic heterocycles. The fourth-order valence-electron chi connectivity index (χ4n) is 1.44. The lowest BCUT2D eigenvalue weighted by atomic mass is 10.3. The Morgan fingerprint density at radius 1 is 1.32 bits per heavy atom. The predicted molar refractivity (Wildman–Crippen MR) is 75.0 cm³/mol. The summed E-state index contributed by atoms with van der Waals surface area (Å²) in [5, 5.41) is 5.53. The summed E-state index contributed by atoms with van der Waals surface area (Å²) in [5.74, 6) is -1.41. The van der Waals surface area contributed by atoms with E-state index in [1.54, 1.807) is 13.2 Å². The number of aromatic nitrogens is 1. The third-order valence-corrected chi connectivity index (χ3v) is 4.05. The first kappa shape index (κ1) is 15.8. The van der Waals surface area contributed by atoms with Crippen molar-refractivity contribution in [3.8, 4) is 0 Å². The van der Waals surface area contributed by atoms with Crippen LogP contribution in [0.25, 0.3) is 0 Å². The molecule has 108 valence electrons. The lowest BCUT2D eigenvalue weighted by Crippen LogP contribution is -2.16. The van der Waals surface area contributed by atoms with E-state index in [0.717, 1.165) is 6.07 Å². The number of halogens is 2. The van der Waals surface area contributed by atoms with Crippen molar-refractivity contribution in [1.29, 1.82) is 0 Å². The van der Waals surface area contributed by atoms with Gasteiger partial charge in [0.1, 0.15) is 0 Å². The normalized spacial score (nSPS) is 13.9. The minimum absolute atomic E-state index is 0.00596. The predicted octanol–water partition coefficient (Wildman–Crippen LogP) is 2.36. The second-order valence-corrected chi connectivity index (χ2v) is 6.01. The van der Waals surface area contributed by atoms with Crippen LogP contribution in [-0.4, -0.2) is 33.8 Å². The molecule has 0 saturated heterocycles. The quantitative estimate of drug-likeness (QED) is 0.810. The summed E-state index contributed by atoms with van der Waals surface area (Å²) in [5.41, 5.74) is 0. The van der Waals surface area contributed by atoms with Crippen LogP contribution in [0, 0.1) is 11.6 Å². The number of nitrogens with zero attached hydrogens (tertiary/aromatic N) is 1. The van der Waals surface area contributed by atoms with Crippen LogP contribution < -0.4 is 10.6 Å². The highest BCUT2D eigenvalue weighted by atomic mass is 32.2. The molecule has 4 nitrogen and oxygen atoms in total. The highest BCUT2D eigenvalue weighted by Crippen LogP contribution is 2.19. The molecule has 2 N–H and O–H groups in total. The number of pyridine rings is 1. The third-order valence-electron chi connectivity index (χ3n) is 2.68. The van der Waals surface area contributed by atoms with Crippen molar-refractivity contribution in [1.82, 2.24) is 4.98 Å². The summed E-state index contributed by atoms with van der Waals surface area (Å²) < 4.78 is 38.0. The summed E-state index contributed by atoms with van der Waals surface area (Å²) in [6, 6.07) is 0.800. The van der Waals surface area contributed by atoms with Gasteiger partial charge in [-0.15, -0.1) is 0 Å². The molecule has 0 aliphatic rings. The maximum absolute atomic E-state index is 13.5. The second-order valence-electron chi connectivity index (χ2n) is 4.20. The van der Waals surface area contributed by atoms with E-state index in [1.807, 2.05) is 6.92 Å². The van der Waals surface area contributed by atoms with Crippen molar-refractivity contribution < 1.29 is 13.0 Å². The Morgan fingerprint density at radius 2 is 1.89 bits per heavy atom. The molecule has 0 spiro atoms. The monoisotopic (exact) mass is 291 g/mol. The molecule has 0 fully saturated rings. The fourth-order valence-corrected chi connectivity index (χ4v) is 1.89. The Bertz CT molecular complexity index is 457. The zero-order chi connectivity index (χ0) is 14.4. The van der Waals surface area contributed by atoms with Gasteiger partial charge in [-0.1, -0.05) is 6.92 Å².